The van der Waals surface area contributed by atoms with E-state index in [9.17, 15) is 0 Å². The smallest absolute Gasteiger partial charge is 0.0746 e. The maximum Gasteiger partial charge on any atom is 0.0746 e. The summed E-state index contributed by atoms with van der Waals surface area (Å²) in [5.74, 6) is 0. The highest BCUT2D eigenvalue weighted by atomic mass is 15.4. The topological polar surface area (TPSA) is 94.9 Å². The summed E-state index contributed by atoms with van der Waals surface area (Å²) in [7, 11) is 0. The molecule has 49 heavy (non-hydrogen) atoms. The van der Waals surface area contributed by atoms with Crippen molar-refractivity contribution in [2.75, 3.05) is 0 Å². The zero-order valence-electron chi connectivity index (χ0n) is 26.2. The van der Waals surface area contributed by atoms with Gasteiger partial charge in [0.05, 0.1) is 22.1 Å². The second-order valence-corrected chi connectivity index (χ2v) is 12.1. The van der Waals surface area contributed by atoms with Gasteiger partial charge in [0.1, 0.15) is 0 Å². The molecule has 1 aromatic carbocycles. The third-order valence-electron chi connectivity index (χ3n) is 9.35. The number of fused-ring (bicyclic) bond motifs is 4. The molecule has 0 saturated carbocycles. The maximum atomic E-state index is 4.54. The Morgan fingerprint density at radius 1 is 0.347 bits per heavy atom. The third-order valence-corrected chi connectivity index (χ3v) is 9.35. The van der Waals surface area contributed by atoms with E-state index >= 15 is 0 Å². The number of pyridine rings is 3. The standard InChI is InChI=1S/C41H28N8/c1-2-7-26(8-3-1)38-30-12-13-31(45-30)39(27-9-4-20-42-23-27)36-18-19-37-41(29-11-6-22-44-25-29)33-15-14-32(46-33)40(28-10-5-21-43-24-28)35-17-16-34(38)48(35)47-49(36)37/h1-25,45-47H. The Labute approximate surface area is 279 Å². The molecule has 0 aliphatic heterocycles. The van der Waals surface area contributed by atoms with E-state index in [0.717, 1.165) is 88.6 Å². The van der Waals surface area contributed by atoms with Crippen LogP contribution >= 0.6 is 0 Å². The molecule has 0 amide bonds. The number of hydrogen-bond donors (Lipinski definition) is 3. The van der Waals surface area contributed by atoms with E-state index in [0.29, 0.717) is 0 Å². The summed E-state index contributed by atoms with van der Waals surface area (Å²) in [6.07, 6.45) is 11.2. The van der Waals surface area contributed by atoms with Crippen molar-refractivity contribution in [3.05, 3.63) is 152 Å². The Morgan fingerprint density at radius 3 is 1.04 bits per heavy atom. The van der Waals surface area contributed by atoms with Gasteiger partial charge in [0.25, 0.3) is 0 Å². The summed E-state index contributed by atoms with van der Waals surface area (Å²) in [4.78, 5) is 21.3. The molecule has 0 aliphatic carbocycles. The average Bonchev–Trinajstić information content (AvgIpc) is 3.98. The maximum absolute atomic E-state index is 4.54. The molecule has 0 aliphatic rings. The minimum absolute atomic E-state index is 0.974. The van der Waals surface area contributed by atoms with Gasteiger partial charge in [0.15, 0.2) is 0 Å². The van der Waals surface area contributed by atoms with E-state index in [2.05, 4.69) is 136 Å². The van der Waals surface area contributed by atoms with Crippen LogP contribution < -0.4 is 0 Å². The molecule has 8 nitrogen and oxygen atoms in total. The fourth-order valence-electron chi connectivity index (χ4n) is 7.25. The van der Waals surface area contributed by atoms with Crippen molar-refractivity contribution in [2.45, 2.75) is 0 Å². The lowest BCUT2D eigenvalue weighted by molar-refractivity contribution is 0.810. The van der Waals surface area contributed by atoms with E-state index < -0.39 is 0 Å². The second kappa shape index (κ2) is 10.8. The van der Waals surface area contributed by atoms with Crippen LogP contribution in [-0.2, 0) is 0 Å². The largest absolute Gasteiger partial charge is 0.354 e. The quantitative estimate of drug-likeness (QED) is 0.180. The lowest BCUT2D eigenvalue weighted by Gasteiger charge is -2.12. The lowest BCUT2D eigenvalue weighted by atomic mass is 10.1. The number of H-pyrrole nitrogens is 3. The summed E-state index contributed by atoms with van der Waals surface area (Å²) in [6.45, 7) is 0. The van der Waals surface area contributed by atoms with Crippen LogP contribution in [0.4, 0.5) is 0 Å². The Balaban J connectivity index is 1.55. The minimum atomic E-state index is 0.974. The Kier molecular flexibility index (Phi) is 6.01. The summed E-state index contributed by atoms with van der Waals surface area (Å²) >= 11 is 0. The normalized spacial score (nSPS) is 11.7. The molecule has 10 rings (SSSR count). The highest BCUT2D eigenvalue weighted by Crippen LogP contribution is 2.38. The Morgan fingerprint density at radius 2 is 0.694 bits per heavy atom. The summed E-state index contributed by atoms with van der Waals surface area (Å²) in [5, 5.41) is 3.94. The molecule has 9 aromatic heterocycles. The van der Waals surface area contributed by atoms with Gasteiger partial charge in [-0.25, -0.2) is 14.2 Å². The molecule has 0 saturated heterocycles. The highest BCUT2D eigenvalue weighted by Gasteiger charge is 2.18. The molecular formula is C41H28N8. The van der Waals surface area contributed by atoms with Crippen LogP contribution in [-0.4, -0.2) is 39.2 Å². The van der Waals surface area contributed by atoms with Crippen LogP contribution in [0.3, 0.4) is 0 Å². The van der Waals surface area contributed by atoms with E-state index in [1.807, 2.05) is 55.4 Å². The van der Waals surface area contributed by atoms with Crippen LogP contribution in [0, 0.1) is 0 Å². The molecule has 9 heterocycles. The van der Waals surface area contributed by atoms with Gasteiger partial charge in [-0.2, -0.15) is 0 Å². The fraction of sp³-hybridized carbons (Fsp3) is 0. The zero-order chi connectivity index (χ0) is 32.3. The van der Waals surface area contributed by atoms with Crippen LogP contribution in [0.25, 0.3) is 88.6 Å². The van der Waals surface area contributed by atoms with Crippen LogP contribution in [0.5, 0.6) is 0 Å². The fourth-order valence-corrected chi connectivity index (χ4v) is 7.25. The molecular weight excluding hydrogens is 605 g/mol. The van der Waals surface area contributed by atoms with Crippen molar-refractivity contribution >= 4 is 44.1 Å². The Bertz CT molecular complexity index is 2470. The minimum Gasteiger partial charge on any atom is -0.354 e. The SMILES string of the molecule is c1ccc(-c2c3ccc([nH]3)c(-c3cccnc3)c3ccc4c(-c5cccnc5)c5ccc([nH]5)c(-c5cccnc5)c5ccc2n5[nH]n34)cc1. The number of nitrogens with zero attached hydrogens (tertiary/aromatic N) is 5. The molecule has 3 N–H and O–H groups in total. The van der Waals surface area contributed by atoms with E-state index in [1.165, 1.54) is 0 Å². The second-order valence-electron chi connectivity index (χ2n) is 12.1. The number of benzene rings is 1. The lowest BCUT2D eigenvalue weighted by Crippen LogP contribution is -2.01. The van der Waals surface area contributed by atoms with Gasteiger partial charge in [-0.1, -0.05) is 48.5 Å². The molecule has 0 radical (unpaired) electrons. The molecule has 8 heteroatoms. The van der Waals surface area contributed by atoms with Crippen LogP contribution in [0.1, 0.15) is 0 Å². The highest BCUT2D eigenvalue weighted by molar-refractivity contribution is 6.03. The van der Waals surface area contributed by atoms with Crippen molar-refractivity contribution in [1.82, 2.24) is 39.2 Å². The zero-order valence-corrected chi connectivity index (χ0v) is 26.2. The predicted octanol–water partition coefficient (Wildman–Crippen LogP) is 9.61. The van der Waals surface area contributed by atoms with Crippen molar-refractivity contribution in [3.8, 4) is 44.5 Å². The molecule has 0 atom stereocenters. The molecule has 0 unspecified atom stereocenters. The first-order chi connectivity index (χ1) is 24.3. The van der Waals surface area contributed by atoms with Crippen LogP contribution in [0.2, 0.25) is 0 Å². The molecule has 0 fully saturated rings. The van der Waals surface area contributed by atoms with Crippen molar-refractivity contribution < 1.29 is 0 Å². The van der Waals surface area contributed by atoms with E-state index in [4.69, 9.17) is 0 Å². The van der Waals surface area contributed by atoms with Crippen molar-refractivity contribution in [2.24, 2.45) is 0 Å². The molecule has 0 spiro atoms. The number of rotatable bonds is 4. The first-order valence-electron chi connectivity index (χ1n) is 16.2. The molecule has 6 bridgehead atoms. The number of hydrogen-bond acceptors (Lipinski definition) is 3. The van der Waals surface area contributed by atoms with Crippen molar-refractivity contribution in [3.63, 3.8) is 0 Å². The predicted molar refractivity (Wildman–Crippen MR) is 197 cm³/mol. The third kappa shape index (κ3) is 4.28. The van der Waals surface area contributed by atoms with E-state index in [1.54, 1.807) is 0 Å². The Hall–Kier alpha value is -6.93. The first-order valence-corrected chi connectivity index (χ1v) is 16.2. The first kappa shape index (κ1) is 27.2. The van der Waals surface area contributed by atoms with Gasteiger partial charge in [-0.05, 0) is 72.3 Å². The summed E-state index contributed by atoms with van der Waals surface area (Å²) < 4.78 is 4.40. The summed E-state index contributed by atoms with van der Waals surface area (Å²) in [5.41, 5.74) is 16.1. The van der Waals surface area contributed by atoms with Gasteiger partial charge < -0.3 is 9.97 Å². The monoisotopic (exact) mass is 632 g/mol. The van der Waals surface area contributed by atoms with Gasteiger partial charge in [-0.15, -0.1) is 0 Å². The number of aromatic nitrogens is 8. The van der Waals surface area contributed by atoms with Crippen LogP contribution in [0.15, 0.2) is 152 Å². The van der Waals surface area contributed by atoms with Gasteiger partial charge >= 0.3 is 0 Å². The van der Waals surface area contributed by atoms with Gasteiger partial charge in [0.2, 0.25) is 0 Å². The van der Waals surface area contributed by atoms with Crippen molar-refractivity contribution in [1.29, 1.82) is 0 Å². The number of nitrogens with one attached hydrogen (secondary N) is 3. The van der Waals surface area contributed by atoms with Gasteiger partial charge in [-0.3, -0.25) is 15.0 Å². The molecule has 232 valence electrons. The number of aromatic amines is 3. The van der Waals surface area contributed by atoms with E-state index in [-0.39, 0.29) is 0 Å². The molecule has 10 aromatic rings. The van der Waals surface area contributed by atoms with Gasteiger partial charge in [0, 0.05) is 98.2 Å². The summed E-state index contributed by atoms with van der Waals surface area (Å²) in [6, 6.07) is 40.3. The average molecular weight is 633 g/mol.